The summed E-state index contributed by atoms with van der Waals surface area (Å²) < 4.78 is 89.8. The van der Waals surface area contributed by atoms with Gasteiger partial charge < -0.3 is 4.42 Å². The second-order valence-electron chi connectivity index (χ2n) is 12.5. The smallest absolute Gasteiger partial charge is 0.216 e. The second kappa shape index (κ2) is 9.33. The van der Waals surface area contributed by atoms with E-state index in [1.54, 1.807) is 30.5 Å². The number of pyridine rings is 1. The minimum absolute atomic E-state index is 0.140. The number of hydrogen-bond donors (Lipinski definition) is 0. The summed E-state index contributed by atoms with van der Waals surface area (Å²) in [4.78, 5) is 0. The molecular formula is C36H41FNO+. The van der Waals surface area contributed by atoms with Crippen molar-refractivity contribution in [2.24, 2.45) is 12.5 Å². The molecule has 0 aliphatic carbocycles. The van der Waals surface area contributed by atoms with Crippen molar-refractivity contribution in [2.45, 2.75) is 74.0 Å². The van der Waals surface area contributed by atoms with E-state index in [0.717, 1.165) is 11.1 Å². The number of rotatable bonds is 3. The van der Waals surface area contributed by atoms with E-state index in [1.807, 2.05) is 78.3 Å². The number of halogens is 1. The highest BCUT2D eigenvalue weighted by molar-refractivity contribution is 6.10. The molecule has 3 heteroatoms. The average molecular weight is 531 g/mol. The number of furan rings is 1. The Balaban J connectivity index is 1.92. The normalized spacial score (nSPS) is 16.6. The predicted octanol–water partition coefficient (Wildman–Crippen LogP) is 9.69. The molecule has 0 spiro atoms. The summed E-state index contributed by atoms with van der Waals surface area (Å²) >= 11 is 0. The van der Waals surface area contributed by atoms with Gasteiger partial charge in [0.15, 0.2) is 17.6 Å². The van der Waals surface area contributed by atoms with Crippen molar-refractivity contribution in [1.29, 1.82) is 0 Å². The van der Waals surface area contributed by atoms with Crippen LogP contribution in [0.15, 0.2) is 59.1 Å². The topological polar surface area (TPSA) is 17.0 Å². The minimum atomic E-state index is -2.65. The lowest BCUT2D eigenvalue weighted by Gasteiger charge is -2.26. The molecule has 5 aromatic rings. The summed E-state index contributed by atoms with van der Waals surface area (Å²) in [6.45, 7) is 8.45. The highest BCUT2D eigenvalue weighted by Gasteiger charge is 2.28. The Morgan fingerprint density at radius 1 is 0.872 bits per heavy atom. The first-order chi connectivity index (χ1) is 21.4. The fourth-order valence-electron chi connectivity index (χ4n) is 5.31. The van der Waals surface area contributed by atoms with Gasteiger partial charge in [-0.1, -0.05) is 89.6 Å². The summed E-state index contributed by atoms with van der Waals surface area (Å²) in [5.41, 5.74) is 3.36. The van der Waals surface area contributed by atoms with E-state index in [4.69, 9.17) is 12.6 Å². The van der Waals surface area contributed by atoms with Gasteiger partial charge >= 0.3 is 0 Å². The van der Waals surface area contributed by atoms with Gasteiger partial charge in [0.25, 0.3) is 0 Å². The van der Waals surface area contributed by atoms with E-state index >= 15 is 4.39 Å². The Kier molecular flexibility index (Phi) is 4.49. The first-order valence-corrected chi connectivity index (χ1v) is 13.2. The van der Waals surface area contributed by atoms with Gasteiger partial charge in [0, 0.05) is 33.4 Å². The Morgan fingerprint density at radius 2 is 1.56 bits per heavy atom. The molecule has 0 saturated heterocycles. The number of hydrogen-bond acceptors (Lipinski definition) is 1. The van der Waals surface area contributed by atoms with Crippen LogP contribution in [0.2, 0.25) is 0 Å². The van der Waals surface area contributed by atoms with E-state index in [0.29, 0.717) is 44.3 Å². The average Bonchev–Trinajstić information content (AvgIpc) is 3.30. The Morgan fingerprint density at radius 3 is 2.21 bits per heavy atom. The molecule has 0 radical (unpaired) electrons. The first kappa shape index (κ1) is 18.8. The van der Waals surface area contributed by atoms with Crippen LogP contribution in [-0.2, 0) is 18.8 Å². The van der Waals surface area contributed by atoms with Crippen LogP contribution in [0.5, 0.6) is 0 Å². The van der Waals surface area contributed by atoms with Gasteiger partial charge in [-0.2, -0.15) is 0 Å². The third-order valence-corrected chi connectivity index (χ3v) is 7.11. The van der Waals surface area contributed by atoms with Gasteiger partial charge in [0.1, 0.15) is 12.6 Å². The molecule has 0 N–H and O–H groups in total. The van der Waals surface area contributed by atoms with Crippen LogP contribution < -0.4 is 4.57 Å². The minimum Gasteiger partial charge on any atom is -0.452 e. The lowest BCUT2D eigenvalue weighted by Crippen LogP contribution is -2.32. The zero-order chi connectivity index (χ0) is 35.2. The third-order valence-electron chi connectivity index (χ3n) is 7.11. The first-order valence-electron chi connectivity index (χ1n) is 17.2. The van der Waals surface area contributed by atoms with E-state index in [1.165, 1.54) is 6.07 Å². The van der Waals surface area contributed by atoms with Crippen LogP contribution >= 0.6 is 0 Å². The maximum atomic E-state index is 15.6. The molecule has 0 aliphatic rings. The summed E-state index contributed by atoms with van der Waals surface area (Å²) in [5.74, 6) is -0.926. The van der Waals surface area contributed by atoms with Gasteiger partial charge in [-0.05, 0) is 65.6 Å². The van der Waals surface area contributed by atoms with Crippen LogP contribution in [0, 0.1) is 31.9 Å². The zero-order valence-corrected chi connectivity index (χ0v) is 23.9. The van der Waals surface area contributed by atoms with Crippen molar-refractivity contribution in [3.63, 3.8) is 0 Å². The van der Waals surface area contributed by atoms with Gasteiger partial charge in [0.2, 0.25) is 5.69 Å². The summed E-state index contributed by atoms with van der Waals surface area (Å²) in [7, 11) is 1.82. The van der Waals surface area contributed by atoms with Crippen LogP contribution in [0.3, 0.4) is 0 Å². The standard InChI is InChI=1S/C36H41FNO/c1-21-11-14-25(29(17-21)36(7,8)9)28-18-30(38(10)20-24(28)19-35(4,5)6)31-22(2)12-15-26-27-16-13-23(3)32(37)34(27)39-33(26)31/h11-18,20H,19H2,1-10H3/q+1/i1D3,3D3,19D2. The molecule has 3 aromatic carbocycles. The van der Waals surface area contributed by atoms with Crippen molar-refractivity contribution in [2.75, 3.05) is 0 Å². The van der Waals surface area contributed by atoms with Crippen molar-refractivity contribution in [3.05, 3.63) is 88.4 Å². The highest BCUT2D eigenvalue weighted by atomic mass is 19.1. The van der Waals surface area contributed by atoms with Crippen LogP contribution in [0.4, 0.5) is 4.39 Å². The maximum Gasteiger partial charge on any atom is 0.216 e. The largest absolute Gasteiger partial charge is 0.452 e. The molecule has 2 nitrogen and oxygen atoms in total. The molecule has 0 saturated carbocycles. The van der Waals surface area contributed by atoms with Gasteiger partial charge in [-0.15, -0.1) is 0 Å². The van der Waals surface area contributed by atoms with Crippen LogP contribution in [0.1, 0.15) is 80.3 Å². The van der Waals surface area contributed by atoms with E-state index in [2.05, 4.69) is 0 Å². The monoisotopic (exact) mass is 530 g/mol. The Labute approximate surface area is 243 Å². The third kappa shape index (κ3) is 4.88. The highest BCUT2D eigenvalue weighted by Crippen LogP contribution is 2.42. The second-order valence-corrected chi connectivity index (χ2v) is 12.5. The molecule has 5 rings (SSSR count). The van der Waals surface area contributed by atoms with Crippen molar-refractivity contribution in [3.8, 4) is 22.4 Å². The maximum absolute atomic E-state index is 15.6. The molecule has 0 fully saturated rings. The molecule has 0 bridgehead atoms. The number of benzene rings is 3. The summed E-state index contributed by atoms with van der Waals surface area (Å²) in [5, 5.41) is 1.07. The lowest BCUT2D eigenvalue weighted by atomic mass is 9.78. The zero-order valence-electron chi connectivity index (χ0n) is 31.9. The number of aryl methyl sites for hydroxylation is 4. The molecule has 0 unspecified atom stereocenters. The molecule has 0 atom stereocenters. The van der Waals surface area contributed by atoms with E-state index < -0.39 is 42.3 Å². The molecule has 39 heavy (non-hydrogen) atoms. The van der Waals surface area contributed by atoms with Crippen molar-refractivity contribution in [1.82, 2.24) is 0 Å². The SMILES string of the molecule is [2H]C([2H])([2H])c1ccc(-c2cc(-c3c(C)ccc4c3oc3c(F)c(C([2H])([2H])[2H])ccc34)[n+](C)cc2C([2H])([2H])C(C)(C)C)c(C(C)(C)C)c1. The Hall–Kier alpha value is -3.46. The molecule has 2 aromatic heterocycles. The van der Waals surface area contributed by atoms with Gasteiger partial charge in [-0.25, -0.2) is 8.96 Å². The Bertz CT molecular complexity index is 2040. The fourth-order valence-corrected chi connectivity index (χ4v) is 5.31. The summed E-state index contributed by atoms with van der Waals surface area (Å²) in [6, 6.07) is 13.5. The number of fused-ring (bicyclic) bond motifs is 3. The molecular weight excluding hydrogens is 481 g/mol. The fraction of sp³-hybridized carbons (Fsp3) is 0.361. The quantitative estimate of drug-likeness (QED) is 0.212. The van der Waals surface area contributed by atoms with Gasteiger partial charge in [-0.3, -0.25) is 0 Å². The van der Waals surface area contributed by atoms with Crippen LogP contribution in [0.25, 0.3) is 44.3 Å². The van der Waals surface area contributed by atoms with Gasteiger partial charge in [0.05, 0.1) is 5.56 Å². The molecule has 0 amide bonds. The van der Waals surface area contributed by atoms with Crippen LogP contribution in [-0.4, -0.2) is 0 Å². The number of aromatic nitrogens is 1. The summed E-state index contributed by atoms with van der Waals surface area (Å²) in [6.07, 6.45) is -0.0417. The van der Waals surface area contributed by atoms with E-state index in [-0.39, 0.29) is 11.1 Å². The van der Waals surface area contributed by atoms with E-state index in [9.17, 15) is 2.74 Å². The predicted molar refractivity (Wildman–Crippen MR) is 162 cm³/mol. The molecule has 2 heterocycles. The lowest BCUT2D eigenvalue weighted by molar-refractivity contribution is -0.660. The molecule has 202 valence electrons. The van der Waals surface area contributed by atoms with Crippen molar-refractivity contribution < 1.29 is 24.3 Å². The molecule has 0 aliphatic heterocycles. The number of nitrogens with zero attached hydrogens (tertiary/aromatic N) is 1. The van der Waals surface area contributed by atoms with Crippen molar-refractivity contribution >= 4 is 21.9 Å².